The van der Waals surface area contributed by atoms with Crippen LogP contribution in [0.15, 0.2) is 54.6 Å². The molecule has 5 rings (SSSR count). The van der Waals surface area contributed by atoms with Gasteiger partial charge in [0.15, 0.2) is 0 Å². The van der Waals surface area contributed by atoms with Gasteiger partial charge in [0, 0.05) is 18.5 Å². The van der Waals surface area contributed by atoms with Crippen molar-refractivity contribution < 1.29 is 31.1 Å². The third kappa shape index (κ3) is 6.19. The molecule has 0 radical (unpaired) electrons. The maximum Gasteiger partial charge on any atom is 0.416 e. The lowest BCUT2D eigenvalue weighted by atomic mass is 9.68. The number of nitrogens with two attached hydrogens (primary N) is 1. The number of piperidine rings is 1. The summed E-state index contributed by atoms with van der Waals surface area (Å²) in [6.07, 6.45) is -4.19. The lowest BCUT2D eigenvalue weighted by Gasteiger charge is -2.44. The van der Waals surface area contributed by atoms with Crippen LogP contribution in [0.4, 0.5) is 31.3 Å². The monoisotopic (exact) mass is 608 g/mol. The van der Waals surface area contributed by atoms with Crippen molar-refractivity contribution in [2.75, 3.05) is 25.4 Å². The first kappa shape index (κ1) is 30.1. The predicted octanol–water partition coefficient (Wildman–Crippen LogP) is 6.86. The lowest BCUT2D eigenvalue weighted by Crippen LogP contribution is -2.48. The number of nitrogen functional groups attached to an aromatic ring is 1. The Morgan fingerprint density at radius 1 is 1.12 bits per heavy atom. The molecule has 0 bridgehead atoms. The molecule has 42 heavy (non-hydrogen) atoms. The Bertz CT molecular complexity index is 1450. The SMILES string of the molecule is C[C@H]1CN(CCC(C(=O)NCc2cc(C(F)(F)F)cc(C(F)(F)F)c2)c2cc(N)sn2)CC[C@@]12C=Cc1ccccc12. The minimum atomic E-state index is -4.97. The Labute approximate surface area is 243 Å². The van der Waals surface area contributed by atoms with Crippen LogP contribution in [0.5, 0.6) is 0 Å². The van der Waals surface area contributed by atoms with Gasteiger partial charge in [-0.1, -0.05) is 43.3 Å². The molecule has 12 heteroatoms. The summed E-state index contributed by atoms with van der Waals surface area (Å²) in [4.78, 5) is 15.6. The van der Waals surface area contributed by atoms with Gasteiger partial charge < -0.3 is 16.0 Å². The van der Waals surface area contributed by atoms with Crippen molar-refractivity contribution in [3.05, 3.63) is 88.1 Å². The maximum absolute atomic E-state index is 13.3. The Balaban J connectivity index is 1.27. The summed E-state index contributed by atoms with van der Waals surface area (Å²) in [6.45, 7) is 3.88. The summed E-state index contributed by atoms with van der Waals surface area (Å²) in [6, 6.07) is 11.3. The minimum absolute atomic E-state index is 0.0343. The third-order valence-corrected chi connectivity index (χ3v) is 8.97. The Morgan fingerprint density at radius 2 is 1.81 bits per heavy atom. The number of rotatable bonds is 7. The topological polar surface area (TPSA) is 71.2 Å². The first-order valence-corrected chi connectivity index (χ1v) is 14.3. The zero-order chi connectivity index (χ0) is 30.3. The summed E-state index contributed by atoms with van der Waals surface area (Å²) in [5.74, 6) is -0.998. The van der Waals surface area contributed by atoms with Gasteiger partial charge in [0.1, 0.15) is 5.00 Å². The van der Waals surface area contributed by atoms with E-state index in [0.29, 0.717) is 41.7 Å². The molecule has 2 aliphatic rings. The second-order valence-electron chi connectivity index (χ2n) is 11.0. The number of carbonyl (C=O) groups is 1. The van der Waals surface area contributed by atoms with Crippen LogP contribution < -0.4 is 11.1 Å². The molecule has 3 N–H and O–H groups in total. The van der Waals surface area contributed by atoms with Crippen LogP contribution in [0.1, 0.15) is 59.2 Å². The van der Waals surface area contributed by atoms with E-state index in [1.165, 1.54) is 11.1 Å². The first-order chi connectivity index (χ1) is 19.8. The normalized spacial score (nSPS) is 21.5. The van der Waals surface area contributed by atoms with Crippen molar-refractivity contribution in [3.63, 3.8) is 0 Å². The number of fused-ring (bicyclic) bond motifs is 2. The quantitative estimate of drug-likeness (QED) is 0.288. The average molecular weight is 609 g/mol. The highest BCUT2D eigenvalue weighted by atomic mass is 32.1. The molecule has 0 saturated carbocycles. The number of hydrogen-bond acceptors (Lipinski definition) is 5. The molecule has 2 heterocycles. The van der Waals surface area contributed by atoms with Crippen molar-refractivity contribution in [1.29, 1.82) is 0 Å². The van der Waals surface area contributed by atoms with E-state index in [9.17, 15) is 31.1 Å². The number of halogens is 6. The van der Waals surface area contributed by atoms with Crippen molar-refractivity contribution in [2.45, 2.75) is 50.0 Å². The summed E-state index contributed by atoms with van der Waals surface area (Å²) in [7, 11) is 0. The second kappa shape index (κ2) is 11.4. The molecule has 1 aromatic heterocycles. The highest BCUT2D eigenvalue weighted by Crippen LogP contribution is 2.47. The average Bonchev–Trinajstić information content (AvgIpc) is 3.53. The molecule has 1 amide bonds. The number of alkyl halides is 6. The van der Waals surface area contributed by atoms with Gasteiger partial charge in [0.2, 0.25) is 5.91 Å². The lowest BCUT2D eigenvalue weighted by molar-refractivity contribution is -0.143. The van der Waals surface area contributed by atoms with E-state index >= 15 is 0 Å². The van der Waals surface area contributed by atoms with Crippen LogP contribution in [-0.2, 0) is 29.1 Å². The van der Waals surface area contributed by atoms with E-state index in [0.717, 1.165) is 31.0 Å². The highest BCUT2D eigenvalue weighted by Gasteiger charge is 2.43. The van der Waals surface area contributed by atoms with Crippen LogP contribution >= 0.6 is 11.5 Å². The standard InChI is InChI=1S/C30H30F6N4OS/c1-18-17-40(11-9-28(18)8-6-20-4-2-3-5-24(20)28)10-7-23(25-15-26(37)42-39-25)27(41)38-16-19-12-21(29(31,32)33)14-22(13-19)30(34,35)36/h2-6,8,12-15,18,23H,7,9-11,16-17,37H2,1H3,(H,38,41)/t18-,23?,28-/m0/s1. The van der Waals surface area contributed by atoms with E-state index in [1.807, 2.05) is 6.07 Å². The van der Waals surface area contributed by atoms with Gasteiger partial charge in [-0.05, 0) is 84.3 Å². The largest absolute Gasteiger partial charge is 0.416 e. The summed E-state index contributed by atoms with van der Waals surface area (Å²) >= 11 is 1.02. The molecule has 1 aliphatic heterocycles. The highest BCUT2D eigenvalue weighted by molar-refractivity contribution is 7.10. The number of hydrogen-bond donors (Lipinski definition) is 2. The number of aromatic nitrogens is 1. The fraction of sp³-hybridized carbons (Fsp3) is 0.400. The number of anilines is 1. The number of allylic oxidation sites excluding steroid dienone is 1. The smallest absolute Gasteiger partial charge is 0.389 e. The molecule has 1 unspecified atom stereocenters. The number of benzene rings is 2. The number of amides is 1. The van der Waals surface area contributed by atoms with Crippen LogP contribution in [0, 0.1) is 5.92 Å². The molecule has 1 fully saturated rings. The predicted molar refractivity (Wildman–Crippen MR) is 150 cm³/mol. The molecular weight excluding hydrogens is 578 g/mol. The molecule has 224 valence electrons. The van der Waals surface area contributed by atoms with E-state index in [4.69, 9.17) is 5.73 Å². The number of nitrogens with zero attached hydrogens (tertiary/aromatic N) is 2. The number of nitrogens with one attached hydrogen (secondary N) is 1. The summed E-state index contributed by atoms with van der Waals surface area (Å²) < 4.78 is 84.0. The number of likely N-dealkylation sites (tertiary alicyclic amines) is 1. The van der Waals surface area contributed by atoms with Gasteiger partial charge >= 0.3 is 12.4 Å². The zero-order valence-corrected chi connectivity index (χ0v) is 23.5. The fourth-order valence-corrected chi connectivity index (χ4v) is 6.67. The first-order valence-electron chi connectivity index (χ1n) is 13.6. The summed E-state index contributed by atoms with van der Waals surface area (Å²) in [5.41, 5.74) is 5.64. The summed E-state index contributed by atoms with van der Waals surface area (Å²) in [5, 5.41) is 2.93. The number of carbonyl (C=O) groups excluding carboxylic acids is 1. The van der Waals surface area contributed by atoms with Crippen molar-refractivity contribution >= 4 is 28.5 Å². The van der Waals surface area contributed by atoms with Gasteiger partial charge in [-0.25, -0.2) is 0 Å². The van der Waals surface area contributed by atoms with E-state index in [1.54, 1.807) is 6.07 Å². The van der Waals surface area contributed by atoms with Crippen LogP contribution in [0.2, 0.25) is 0 Å². The van der Waals surface area contributed by atoms with Crippen LogP contribution in [0.3, 0.4) is 0 Å². The Morgan fingerprint density at radius 3 is 2.43 bits per heavy atom. The van der Waals surface area contributed by atoms with Crippen molar-refractivity contribution in [3.8, 4) is 0 Å². The molecule has 1 saturated heterocycles. The Kier molecular flexibility index (Phi) is 8.14. The molecule has 2 aromatic carbocycles. The molecule has 3 aromatic rings. The van der Waals surface area contributed by atoms with Crippen molar-refractivity contribution in [2.24, 2.45) is 5.92 Å². The molecule has 1 aliphatic carbocycles. The van der Waals surface area contributed by atoms with Crippen LogP contribution in [-0.4, -0.2) is 34.8 Å². The van der Waals surface area contributed by atoms with E-state index in [-0.39, 0.29) is 17.0 Å². The van der Waals surface area contributed by atoms with Crippen molar-refractivity contribution in [1.82, 2.24) is 14.6 Å². The van der Waals surface area contributed by atoms with E-state index in [2.05, 4.69) is 51.9 Å². The molecule has 5 nitrogen and oxygen atoms in total. The van der Waals surface area contributed by atoms with Gasteiger partial charge in [-0.15, -0.1) is 0 Å². The van der Waals surface area contributed by atoms with Gasteiger partial charge in [-0.2, -0.15) is 30.7 Å². The maximum atomic E-state index is 13.3. The zero-order valence-electron chi connectivity index (χ0n) is 22.7. The molecule has 3 atom stereocenters. The van der Waals surface area contributed by atoms with Gasteiger partial charge in [0.05, 0.1) is 22.7 Å². The van der Waals surface area contributed by atoms with Crippen LogP contribution in [0.25, 0.3) is 6.08 Å². The van der Waals surface area contributed by atoms with Gasteiger partial charge in [-0.3, -0.25) is 4.79 Å². The fourth-order valence-electron chi connectivity index (χ4n) is 6.10. The van der Waals surface area contributed by atoms with E-state index < -0.39 is 41.8 Å². The third-order valence-electron chi connectivity index (χ3n) is 8.34. The Hall–Kier alpha value is -3.38. The second-order valence-corrected chi connectivity index (χ2v) is 11.9. The van der Waals surface area contributed by atoms with Gasteiger partial charge in [0.25, 0.3) is 0 Å². The minimum Gasteiger partial charge on any atom is -0.389 e. The molecular formula is C30H30F6N4OS. The molecule has 1 spiro atoms.